The van der Waals surface area contributed by atoms with Gasteiger partial charge in [-0.25, -0.2) is 14.4 Å². The van der Waals surface area contributed by atoms with Gasteiger partial charge in [-0.2, -0.15) is 11.8 Å². The fraction of sp³-hybridized carbons (Fsp3) is 0.861. The summed E-state index contributed by atoms with van der Waals surface area (Å²) < 4.78 is 22.7. The fourth-order valence-corrected chi connectivity index (χ4v) is 6.59. The molecule has 16 heteroatoms. The zero-order valence-electron chi connectivity index (χ0n) is 34.3. The Morgan fingerprint density at radius 3 is 1.88 bits per heavy atom. The van der Waals surface area contributed by atoms with Gasteiger partial charge in [0.2, 0.25) is 5.91 Å². The van der Waals surface area contributed by atoms with Gasteiger partial charge in [0.15, 0.2) is 0 Å². The highest BCUT2D eigenvalue weighted by atomic mass is 32.2. The molecule has 1 heterocycles. The number of carbonyl (C=O) groups is 5. The number of amides is 3. The van der Waals surface area contributed by atoms with E-state index in [0.29, 0.717) is 44.8 Å². The maximum absolute atomic E-state index is 13.8. The number of ether oxygens (including phenoxy) is 4. The summed E-state index contributed by atoms with van der Waals surface area (Å²) in [6, 6.07) is -0.338. The number of esters is 2. The van der Waals surface area contributed by atoms with Crippen molar-refractivity contribution in [1.82, 2.24) is 25.3 Å². The van der Waals surface area contributed by atoms with Crippen LogP contribution in [0.2, 0.25) is 25.7 Å². The van der Waals surface area contributed by atoms with Gasteiger partial charge >= 0.3 is 24.1 Å². The largest absolute Gasteiger partial charge is 0.464 e. The highest BCUT2D eigenvalue weighted by Gasteiger charge is 2.34. The van der Waals surface area contributed by atoms with Crippen molar-refractivity contribution in [3.8, 4) is 0 Å². The number of rotatable bonds is 13. The Hall–Kier alpha value is -2.56. The Morgan fingerprint density at radius 1 is 0.846 bits per heavy atom. The first-order valence-electron chi connectivity index (χ1n) is 18.4. The second-order valence-corrected chi connectivity index (χ2v) is 23.8. The van der Waals surface area contributed by atoms with Crippen LogP contribution in [-0.4, -0.2) is 153 Å². The van der Waals surface area contributed by atoms with E-state index in [9.17, 15) is 24.0 Å². The topological polar surface area (TPSA) is 156 Å². The summed E-state index contributed by atoms with van der Waals surface area (Å²) in [4.78, 5) is 70.7. The molecule has 0 aromatic rings. The first-order valence-corrected chi connectivity index (χ1v) is 23.5. The van der Waals surface area contributed by atoms with Gasteiger partial charge in [-0.05, 0) is 79.9 Å². The lowest BCUT2D eigenvalue weighted by Crippen LogP contribution is -2.55. The summed E-state index contributed by atoms with van der Waals surface area (Å²) in [6.45, 7) is 24.5. The van der Waals surface area contributed by atoms with E-state index in [1.807, 2.05) is 25.0 Å². The molecule has 0 aromatic heterocycles. The van der Waals surface area contributed by atoms with Crippen molar-refractivity contribution in [2.45, 2.75) is 130 Å². The Bertz CT molecular complexity index is 1170. The first-order chi connectivity index (χ1) is 23.8. The van der Waals surface area contributed by atoms with Crippen molar-refractivity contribution in [3.63, 3.8) is 0 Å². The van der Waals surface area contributed by atoms with Gasteiger partial charge in [0.25, 0.3) is 0 Å². The average molecular weight is 776 g/mol. The van der Waals surface area contributed by atoms with E-state index in [1.165, 1.54) is 11.8 Å². The first kappa shape index (κ1) is 47.5. The minimum absolute atomic E-state index is 0.0906. The highest BCUT2D eigenvalue weighted by molar-refractivity contribution is 7.98. The summed E-state index contributed by atoms with van der Waals surface area (Å²) in [5.41, 5.74) is -2.35. The van der Waals surface area contributed by atoms with E-state index in [2.05, 4.69) is 30.3 Å². The number of carbonyl (C=O) groups excluding carboxylic acids is 5. The normalized spacial score (nSPS) is 18.0. The third kappa shape index (κ3) is 21.2. The molecule has 0 spiro atoms. The summed E-state index contributed by atoms with van der Waals surface area (Å²) in [7, 11) is -1.43. The van der Waals surface area contributed by atoms with Crippen molar-refractivity contribution < 1.29 is 42.9 Å². The zero-order valence-corrected chi connectivity index (χ0v) is 36.1. The van der Waals surface area contributed by atoms with Crippen LogP contribution in [0.15, 0.2) is 0 Å². The summed E-state index contributed by atoms with van der Waals surface area (Å²) in [5.74, 6) is -0.583. The second-order valence-electron chi connectivity index (χ2n) is 17.2. The summed E-state index contributed by atoms with van der Waals surface area (Å²) >= 11 is 1.58. The van der Waals surface area contributed by atoms with Gasteiger partial charge < -0.3 is 39.4 Å². The van der Waals surface area contributed by atoms with Crippen LogP contribution in [0.5, 0.6) is 0 Å². The van der Waals surface area contributed by atoms with Gasteiger partial charge in [0.1, 0.15) is 22.8 Å². The van der Waals surface area contributed by atoms with E-state index in [4.69, 9.17) is 18.9 Å². The molecule has 1 saturated heterocycles. The van der Waals surface area contributed by atoms with E-state index >= 15 is 0 Å². The molecule has 1 aliphatic rings. The van der Waals surface area contributed by atoms with Crippen LogP contribution in [0.4, 0.5) is 9.59 Å². The Morgan fingerprint density at radius 2 is 1.38 bits per heavy atom. The van der Waals surface area contributed by atoms with Crippen molar-refractivity contribution in [3.05, 3.63) is 0 Å². The Labute approximate surface area is 318 Å². The van der Waals surface area contributed by atoms with Crippen molar-refractivity contribution in [1.29, 1.82) is 0 Å². The van der Waals surface area contributed by atoms with E-state index in [0.717, 1.165) is 6.04 Å². The smallest absolute Gasteiger partial charge is 0.410 e. The van der Waals surface area contributed by atoms with Crippen molar-refractivity contribution >= 4 is 49.9 Å². The molecule has 302 valence electrons. The van der Waals surface area contributed by atoms with E-state index < -0.39 is 55.0 Å². The predicted octanol–water partition coefficient (Wildman–Crippen LogP) is 4.59. The molecular formula is C36H69N5O9SSi. The summed E-state index contributed by atoms with van der Waals surface area (Å²) in [6.07, 6.45) is 1.67. The quantitative estimate of drug-likeness (QED) is 0.153. The molecular weight excluding hydrogens is 707 g/mol. The van der Waals surface area contributed by atoms with Gasteiger partial charge in [-0.15, -0.1) is 0 Å². The molecule has 0 radical (unpaired) electrons. The fourth-order valence-electron chi connectivity index (χ4n) is 5.40. The molecule has 2 atom stereocenters. The molecule has 14 nitrogen and oxygen atoms in total. The van der Waals surface area contributed by atoms with Crippen LogP contribution < -0.4 is 10.6 Å². The van der Waals surface area contributed by atoms with Gasteiger partial charge in [0, 0.05) is 73.3 Å². The van der Waals surface area contributed by atoms with Gasteiger partial charge in [0.05, 0.1) is 13.2 Å². The highest BCUT2D eigenvalue weighted by Crippen LogP contribution is 2.22. The number of hydrogen-bond acceptors (Lipinski definition) is 12. The molecule has 1 aliphatic heterocycles. The van der Waals surface area contributed by atoms with Crippen LogP contribution in [0, 0.1) is 0 Å². The third-order valence-corrected chi connectivity index (χ3v) is 10.2. The minimum Gasteiger partial charge on any atom is -0.464 e. The van der Waals surface area contributed by atoms with E-state index in [1.54, 1.807) is 58.2 Å². The predicted molar refractivity (Wildman–Crippen MR) is 208 cm³/mol. The number of nitrogens with one attached hydrogen (secondary N) is 2. The monoisotopic (exact) mass is 775 g/mol. The molecule has 0 saturated carbocycles. The Balaban J connectivity index is 3.45. The maximum atomic E-state index is 13.8. The lowest BCUT2D eigenvalue weighted by atomic mass is 9.97. The number of thioether (sulfide) groups is 1. The zero-order chi connectivity index (χ0) is 39.9. The lowest BCUT2D eigenvalue weighted by Gasteiger charge is -2.39. The van der Waals surface area contributed by atoms with Crippen LogP contribution in [0.1, 0.15) is 75.2 Å². The van der Waals surface area contributed by atoms with Gasteiger partial charge in [-0.3, -0.25) is 14.5 Å². The number of nitrogens with zero attached hydrogens (tertiary/aromatic N) is 3. The molecule has 0 aliphatic carbocycles. The molecule has 0 aromatic carbocycles. The molecule has 1 rings (SSSR count). The van der Waals surface area contributed by atoms with Crippen LogP contribution in [0.3, 0.4) is 0 Å². The molecule has 3 amide bonds. The Kier molecular flexibility index (Phi) is 19.5. The van der Waals surface area contributed by atoms with Crippen LogP contribution >= 0.6 is 11.8 Å². The molecule has 52 heavy (non-hydrogen) atoms. The van der Waals surface area contributed by atoms with E-state index in [-0.39, 0.29) is 44.7 Å². The van der Waals surface area contributed by atoms with Crippen LogP contribution in [0.25, 0.3) is 0 Å². The van der Waals surface area contributed by atoms with Crippen molar-refractivity contribution in [2.24, 2.45) is 0 Å². The van der Waals surface area contributed by atoms with Crippen molar-refractivity contribution in [2.75, 3.05) is 71.0 Å². The van der Waals surface area contributed by atoms with Gasteiger partial charge in [-0.1, -0.05) is 19.6 Å². The third-order valence-electron chi connectivity index (χ3n) is 7.88. The average Bonchev–Trinajstić information content (AvgIpc) is 2.94. The standard InChI is InChI=1S/C36H69N5O9SSi/c1-27(42)48-36(8,9)24-28-25-37-15-16-39(32(45)49-34(2,3)4)17-18-40(33(46)50-35(5,6)7)19-20-41(28)26-30(43)38-29(14-22-51-10)31(44)47-21-23-52(11,12)13/h28-29,37H,14-26H2,1-13H3,(H,38,43). The molecule has 0 bridgehead atoms. The second kappa shape index (κ2) is 21.4. The molecule has 1 fully saturated rings. The van der Waals surface area contributed by atoms with Crippen LogP contribution in [-0.2, 0) is 33.3 Å². The SMILES string of the molecule is CSCCC(NC(=O)CN1CCN(C(=O)OC(C)(C)C)CCN(C(=O)OC(C)(C)C)CCNCC1CC(C)(C)OC(C)=O)C(=O)OCC[Si](C)(C)C. The number of hydrogen-bond donors (Lipinski definition) is 2. The summed E-state index contributed by atoms with van der Waals surface area (Å²) in [5, 5.41) is 6.35. The maximum Gasteiger partial charge on any atom is 0.410 e. The molecule has 2 unspecified atom stereocenters. The minimum atomic E-state index is -1.43. The molecule has 2 N–H and O–H groups in total. The lowest BCUT2D eigenvalue weighted by molar-refractivity contribution is -0.155.